The fourth-order valence-electron chi connectivity index (χ4n) is 1.78. The topological polar surface area (TPSA) is 38.3 Å². The van der Waals surface area contributed by atoms with Crippen LogP contribution < -0.4 is 5.32 Å². The summed E-state index contributed by atoms with van der Waals surface area (Å²) in [4.78, 5) is 11.8. The molecule has 5 heteroatoms. The van der Waals surface area contributed by atoms with E-state index in [4.69, 9.17) is 4.74 Å². The highest BCUT2D eigenvalue weighted by atomic mass is 79.9. The fraction of sp³-hybridized carbons (Fsp3) is 0.417. The Morgan fingerprint density at radius 3 is 3.00 bits per heavy atom. The minimum absolute atomic E-state index is 0.202. The molecular formula is C12H13BrFNO2. The van der Waals surface area contributed by atoms with Crippen LogP contribution in [0.15, 0.2) is 16.6 Å². The van der Waals surface area contributed by atoms with Crippen LogP contribution in [-0.4, -0.2) is 18.6 Å². The lowest BCUT2D eigenvalue weighted by molar-refractivity contribution is -0.124. The van der Waals surface area contributed by atoms with Crippen molar-refractivity contribution in [2.24, 2.45) is 0 Å². The van der Waals surface area contributed by atoms with Crippen LogP contribution in [0.1, 0.15) is 18.4 Å². The highest BCUT2D eigenvalue weighted by Crippen LogP contribution is 2.24. The first-order valence-electron chi connectivity index (χ1n) is 5.46. The lowest BCUT2D eigenvalue weighted by Gasteiger charge is -2.12. The van der Waals surface area contributed by atoms with Crippen molar-refractivity contribution in [3.8, 4) is 0 Å². The number of carbonyl (C=O) groups is 1. The molecule has 2 rings (SSSR count). The van der Waals surface area contributed by atoms with Gasteiger partial charge in [0.2, 0.25) is 0 Å². The largest absolute Gasteiger partial charge is 0.368 e. The predicted octanol–water partition coefficient (Wildman–Crippen LogP) is 3.01. The van der Waals surface area contributed by atoms with Crippen LogP contribution in [0.4, 0.5) is 10.1 Å². The summed E-state index contributed by atoms with van der Waals surface area (Å²) in [6, 6.07) is 2.95. The van der Waals surface area contributed by atoms with Crippen molar-refractivity contribution in [1.82, 2.24) is 0 Å². The second-order valence-electron chi connectivity index (χ2n) is 4.07. The maximum atomic E-state index is 13.4. The number of ether oxygens (including phenoxy) is 1. The van der Waals surface area contributed by atoms with Gasteiger partial charge in [-0.1, -0.05) is 0 Å². The molecule has 1 saturated heterocycles. The van der Waals surface area contributed by atoms with Crippen LogP contribution >= 0.6 is 15.9 Å². The summed E-state index contributed by atoms with van der Waals surface area (Å²) in [6.07, 6.45) is 1.22. The third-order valence-corrected chi connectivity index (χ3v) is 3.35. The molecule has 1 aromatic rings. The van der Waals surface area contributed by atoms with E-state index in [0.29, 0.717) is 16.8 Å². The summed E-state index contributed by atoms with van der Waals surface area (Å²) < 4.78 is 19.0. The van der Waals surface area contributed by atoms with Gasteiger partial charge in [0.05, 0.1) is 4.47 Å². The molecule has 1 unspecified atom stereocenters. The molecule has 1 aromatic carbocycles. The molecule has 0 bridgehead atoms. The third kappa shape index (κ3) is 2.84. The van der Waals surface area contributed by atoms with Gasteiger partial charge in [-0.05, 0) is 53.4 Å². The Morgan fingerprint density at radius 1 is 1.59 bits per heavy atom. The van der Waals surface area contributed by atoms with Crippen LogP contribution in [-0.2, 0) is 9.53 Å². The first-order chi connectivity index (χ1) is 8.08. The van der Waals surface area contributed by atoms with E-state index in [2.05, 4.69) is 21.2 Å². The Bertz CT molecular complexity index is 444. The van der Waals surface area contributed by atoms with Gasteiger partial charge in [0.25, 0.3) is 5.91 Å². The number of rotatable bonds is 2. The highest BCUT2D eigenvalue weighted by Gasteiger charge is 2.24. The van der Waals surface area contributed by atoms with E-state index < -0.39 is 11.9 Å². The van der Waals surface area contributed by atoms with Crippen LogP contribution in [0.5, 0.6) is 0 Å². The molecule has 0 aliphatic carbocycles. The average molecular weight is 302 g/mol. The van der Waals surface area contributed by atoms with Crippen LogP contribution in [0.2, 0.25) is 0 Å². The second-order valence-corrected chi connectivity index (χ2v) is 4.93. The van der Waals surface area contributed by atoms with E-state index in [9.17, 15) is 9.18 Å². The third-order valence-electron chi connectivity index (χ3n) is 2.75. The SMILES string of the molecule is Cc1cc(Br)c(F)cc1NC(=O)C1CCCO1. The molecule has 1 atom stereocenters. The van der Waals surface area contributed by atoms with E-state index in [1.54, 1.807) is 6.07 Å². The molecule has 17 heavy (non-hydrogen) atoms. The summed E-state index contributed by atoms with van der Waals surface area (Å²) in [5.41, 5.74) is 1.30. The molecule has 0 saturated carbocycles. The van der Waals surface area contributed by atoms with Gasteiger partial charge >= 0.3 is 0 Å². The predicted molar refractivity (Wildman–Crippen MR) is 66.4 cm³/mol. The number of carbonyl (C=O) groups excluding carboxylic acids is 1. The molecule has 1 heterocycles. The lowest BCUT2D eigenvalue weighted by Crippen LogP contribution is -2.27. The normalized spacial score (nSPS) is 19.4. The Balaban J connectivity index is 2.12. The van der Waals surface area contributed by atoms with E-state index in [-0.39, 0.29) is 5.91 Å². The zero-order chi connectivity index (χ0) is 12.4. The van der Waals surface area contributed by atoms with Crippen molar-refractivity contribution in [1.29, 1.82) is 0 Å². The van der Waals surface area contributed by atoms with Gasteiger partial charge in [0, 0.05) is 12.3 Å². The van der Waals surface area contributed by atoms with Gasteiger partial charge in [0.1, 0.15) is 11.9 Å². The first-order valence-corrected chi connectivity index (χ1v) is 6.25. The molecule has 0 spiro atoms. The van der Waals surface area contributed by atoms with Gasteiger partial charge in [-0.3, -0.25) is 4.79 Å². The first kappa shape index (κ1) is 12.5. The van der Waals surface area contributed by atoms with Crippen LogP contribution in [0.25, 0.3) is 0 Å². The Morgan fingerprint density at radius 2 is 2.35 bits per heavy atom. The summed E-state index contributed by atoms with van der Waals surface area (Å²) >= 11 is 3.10. The smallest absolute Gasteiger partial charge is 0.253 e. The van der Waals surface area contributed by atoms with Gasteiger partial charge in [-0.25, -0.2) is 4.39 Å². The number of hydrogen-bond acceptors (Lipinski definition) is 2. The van der Waals surface area contributed by atoms with E-state index >= 15 is 0 Å². The van der Waals surface area contributed by atoms with E-state index in [0.717, 1.165) is 18.4 Å². The molecule has 0 aromatic heterocycles. The molecule has 92 valence electrons. The van der Waals surface area contributed by atoms with Gasteiger partial charge in [-0.15, -0.1) is 0 Å². The number of amides is 1. The molecule has 1 amide bonds. The van der Waals surface area contributed by atoms with Crippen molar-refractivity contribution in [3.63, 3.8) is 0 Å². The van der Waals surface area contributed by atoms with Crippen molar-refractivity contribution in [2.75, 3.05) is 11.9 Å². The zero-order valence-electron chi connectivity index (χ0n) is 9.43. The standard InChI is InChI=1S/C12H13BrFNO2/c1-7-5-8(13)9(14)6-10(7)15-12(16)11-3-2-4-17-11/h5-6,11H,2-4H2,1H3,(H,15,16). The number of hydrogen-bond donors (Lipinski definition) is 1. The maximum absolute atomic E-state index is 13.4. The molecule has 0 radical (unpaired) electrons. The number of anilines is 1. The minimum atomic E-state index is -0.402. The number of nitrogens with one attached hydrogen (secondary N) is 1. The monoisotopic (exact) mass is 301 g/mol. The molecule has 1 fully saturated rings. The molecule has 1 aliphatic heterocycles. The molecule has 3 nitrogen and oxygen atoms in total. The van der Waals surface area contributed by atoms with Crippen LogP contribution in [0, 0.1) is 12.7 Å². The van der Waals surface area contributed by atoms with Crippen molar-refractivity contribution >= 4 is 27.5 Å². The summed E-state index contributed by atoms with van der Waals surface area (Å²) in [5, 5.41) is 2.70. The quantitative estimate of drug-likeness (QED) is 0.912. The maximum Gasteiger partial charge on any atom is 0.253 e. The Labute approximate surface area is 107 Å². The van der Waals surface area contributed by atoms with E-state index in [1.807, 2.05) is 6.92 Å². The highest BCUT2D eigenvalue weighted by molar-refractivity contribution is 9.10. The summed E-state index contributed by atoms with van der Waals surface area (Å²) in [5.74, 6) is -0.592. The van der Waals surface area contributed by atoms with Crippen molar-refractivity contribution in [3.05, 3.63) is 28.0 Å². The minimum Gasteiger partial charge on any atom is -0.368 e. The van der Waals surface area contributed by atoms with Gasteiger partial charge < -0.3 is 10.1 Å². The Hall–Kier alpha value is -0.940. The lowest BCUT2D eigenvalue weighted by atomic mass is 10.1. The van der Waals surface area contributed by atoms with Gasteiger partial charge in [0.15, 0.2) is 0 Å². The molecular weight excluding hydrogens is 289 g/mol. The van der Waals surface area contributed by atoms with E-state index in [1.165, 1.54) is 6.07 Å². The number of aryl methyl sites for hydroxylation is 1. The molecule has 1 N–H and O–H groups in total. The number of halogens is 2. The second kappa shape index (κ2) is 5.14. The number of benzene rings is 1. The van der Waals surface area contributed by atoms with Crippen molar-refractivity contribution < 1.29 is 13.9 Å². The average Bonchev–Trinajstić information content (AvgIpc) is 2.79. The zero-order valence-corrected chi connectivity index (χ0v) is 11.0. The Kier molecular flexibility index (Phi) is 3.79. The molecule has 1 aliphatic rings. The summed E-state index contributed by atoms with van der Waals surface area (Å²) in [6.45, 7) is 2.43. The fourth-order valence-corrected chi connectivity index (χ4v) is 2.24. The van der Waals surface area contributed by atoms with Crippen LogP contribution in [0.3, 0.4) is 0 Å². The van der Waals surface area contributed by atoms with Crippen molar-refractivity contribution in [2.45, 2.75) is 25.9 Å². The van der Waals surface area contributed by atoms with Gasteiger partial charge in [-0.2, -0.15) is 0 Å². The summed E-state index contributed by atoms with van der Waals surface area (Å²) in [7, 11) is 0.